The summed E-state index contributed by atoms with van der Waals surface area (Å²) in [6.45, 7) is 2.26. The third kappa shape index (κ3) is 3.15. The highest BCUT2D eigenvalue weighted by Crippen LogP contribution is 2.35. The van der Waals surface area contributed by atoms with Gasteiger partial charge in [0, 0.05) is 11.6 Å². The number of benzene rings is 2. The Morgan fingerprint density at radius 3 is 2.54 bits per heavy atom. The number of hydrogen-bond acceptors (Lipinski definition) is 4. The van der Waals surface area contributed by atoms with Gasteiger partial charge in [-0.3, -0.25) is 14.4 Å². The highest BCUT2D eigenvalue weighted by Gasteiger charge is 2.38. The summed E-state index contributed by atoms with van der Waals surface area (Å²) < 4.78 is 5.57. The fourth-order valence-corrected chi connectivity index (χ4v) is 3.86. The standard InChI is InChI=1S/C22H22N2O4/c1-2-28-19-10-6-5-9-18(19)24-21(26)16-12-11-14(13-17(16)22(24)27)20(25)23-15-7-3-4-8-15/h5-6,9-13,15H,2-4,7-8H2,1H3,(H,23,25). The second-order valence-corrected chi connectivity index (χ2v) is 7.06. The van der Waals surface area contributed by atoms with Gasteiger partial charge in [0.15, 0.2) is 0 Å². The molecule has 0 saturated heterocycles. The summed E-state index contributed by atoms with van der Waals surface area (Å²) in [6, 6.07) is 11.8. The molecular weight excluding hydrogens is 356 g/mol. The van der Waals surface area contributed by atoms with Crippen molar-refractivity contribution in [2.45, 2.75) is 38.6 Å². The van der Waals surface area contributed by atoms with Crippen LogP contribution in [0.1, 0.15) is 63.7 Å². The van der Waals surface area contributed by atoms with Crippen molar-refractivity contribution in [1.29, 1.82) is 0 Å². The monoisotopic (exact) mass is 378 g/mol. The van der Waals surface area contributed by atoms with Gasteiger partial charge in [0.1, 0.15) is 5.75 Å². The largest absolute Gasteiger partial charge is 0.492 e. The van der Waals surface area contributed by atoms with Crippen LogP contribution in [0.25, 0.3) is 0 Å². The molecule has 2 aliphatic rings. The smallest absolute Gasteiger partial charge is 0.266 e. The number of fused-ring (bicyclic) bond motifs is 1. The van der Waals surface area contributed by atoms with Crippen LogP contribution in [0.15, 0.2) is 42.5 Å². The lowest BCUT2D eigenvalue weighted by atomic mass is 10.0. The van der Waals surface area contributed by atoms with Gasteiger partial charge in [-0.1, -0.05) is 25.0 Å². The molecule has 2 aromatic rings. The summed E-state index contributed by atoms with van der Waals surface area (Å²) >= 11 is 0. The molecule has 1 saturated carbocycles. The predicted octanol–water partition coefficient (Wildman–Crippen LogP) is 3.56. The number of nitrogens with one attached hydrogen (secondary N) is 1. The maximum Gasteiger partial charge on any atom is 0.266 e. The third-order valence-electron chi connectivity index (χ3n) is 5.25. The normalized spacial score (nSPS) is 16.4. The molecule has 0 atom stereocenters. The van der Waals surface area contributed by atoms with Crippen molar-refractivity contribution in [2.24, 2.45) is 0 Å². The van der Waals surface area contributed by atoms with E-state index in [1.807, 2.05) is 6.92 Å². The van der Waals surface area contributed by atoms with Gasteiger partial charge >= 0.3 is 0 Å². The molecule has 144 valence electrons. The fourth-order valence-electron chi connectivity index (χ4n) is 3.86. The molecule has 1 N–H and O–H groups in total. The van der Waals surface area contributed by atoms with Crippen molar-refractivity contribution in [3.05, 3.63) is 59.2 Å². The van der Waals surface area contributed by atoms with E-state index in [-0.39, 0.29) is 17.5 Å². The summed E-state index contributed by atoms with van der Waals surface area (Å²) in [4.78, 5) is 39.5. The number of nitrogens with zero attached hydrogens (tertiary/aromatic N) is 1. The van der Waals surface area contributed by atoms with Gasteiger partial charge in [0.2, 0.25) is 0 Å². The van der Waals surface area contributed by atoms with Crippen molar-refractivity contribution in [3.8, 4) is 5.75 Å². The molecule has 6 heteroatoms. The lowest BCUT2D eigenvalue weighted by Gasteiger charge is -2.17. The van der Waals surface area contributed by atoms with Gasteiger partial charge in [-0.2, -0.15) is 0 Å². The van der Waals surface area contributed by atoms with Gasteiger partial charge < -0.3 is 10.1 Å². The number of hydrogen-bond donors (Lipinski definition) is 1. The van der Waals surface area contributed by atoms with Crippen LogP contribution in [-0.4, -0.2) is 30.4 Å². The molecule has 1 aliphatic carbocycles. The summed E-state index contributed by atoms with van der Waals surface area (Å²) in [5.74, 6) is -0.584. The molecule has 2 aromatic carbocycles. The van der Waals surface area contributed by atoms with E-state index < -0.39 is 11.8 Å². The molecule has 0 bridgehead atoms. The second kappa shape index (κ2) is 7.46. The Labute approximate surface area is 163 Å². The molecule has 1 fully saturated rings. The van der Waals surface area contributed by atoms with E-state index in [0.717, 1.165) is 30.6 Å². The van der Waals surface area contributed by atoms with E-state index in [0.29, 0.717) is 29.2 Å². The number of amides is 3. The van der Waals surface area contributed by atoms with Crippen molar-refractivity contribution in [1.82, 2.24) is 5.32 Å². The first kappa shape index (κ1) is 18.2. The number of anilines is 1. The van der Waals surface area contributed by atoms with E-state index >= 15 is 0 Å². The highest BCUT2D eigenvalue weighted by molar-refractivity contribution is 6.35. The van der Waals surface area contributed by atoms with Crippen LogP contribution in [-0.2, 0) is 0 Å². The van der Waals surface area contributed by atoms with Gasteiger partial charge in [0.25, 0.3) is 17.7 Å². The zero-order valence-corrected chi connectivity index (χ0v) is 15.7. The van der Waals surface area contributed by atoms with Gasteiger partial charge in [-0.05, 0) is 50.1 Å². The minimum Gasteiger partial charge on any atom is -0.492 e. The molecule has 28 heavy (non-hydrogen) atoms. The number of para-hydroxylation sites is 2. The average molecular weight is 378 g/mol. The van der Waals surface area contributed by atoms with Crippen LogP contribution < -0.4 is 15.0 Å². The van der Waals surface area contributed by atoms with Gasteiger partial charge in [0.05, 0.1) is 23.4 Å². The molecule has 0 spiro atoms. The van der Waals surface area contributed by atoms with Crippen molar-refractivity contribution in [3.63, 3.8) is 0 Å². The quantitative estimate of drug-likeness (QED) is 0.807. The fraction of sp³-hybridized carbons (Fsp3) is 0.318. The SMILES string of the molecule is CCOc1ccccc1N1C(=O)c2ccc(C(=O)NC3CCCC3)cc2C1=O. The summed E-state index contributed by atoms with van der Waals surface area (Å²) in [6.07, 6.45) is 4.21. The highest BCUT2D eigenvalue weighted by atomic mass is 16.5. The van der Waals surface area contributed by atoms with Crippen LogP contribution in [0.5, 0.6) is 5.75 Å². The van der Waals surface area contributed by atoms with Gasteiger partial charge in [-0.25, -0.2) is 4.90 Å². The summed E-state index contributed by atoms with van der Waals surface area (Å²) in [5.41, 5.74) is 1.35. The Kier molecular flexibility index (Phi) is 4.86. The van der Waals surface area contributed by atoms with E-state index in [1.54, 1.807) is 36.4 Å². The van der Waals surface area contributed by atoms with E-state index in [1.165, 1.54) is 6.07 Å². The molecule has 3 amide bonds. The number of imide groups is 1. The number of rotatable bonds is 5. The molecule has 0 aromatic heterocycles. The topological polar surface area (TPSA) is 75.7 Å². The zero-order valence-electron chi connectivity index (χ0n) is 15.7. The number of ether oxygens (including phenoxy) is 1. The Hall–Kier alpha value is -3.15. The molecule has 0 unspecified atom stereocenters. The maximum absolute atomic E-state index is 13.0. The maximum atomic E-state index is 13.0. The molecule has 1 heterocycles. The van der Waals surface area contributed by atoms with Crippen LogP contribution in [0.4, 0.5) is 5.69 Å². The Balaban J connectivity index is 1.63. The number of carbonyl (C=O) groups excluding carboxylic acids is 3. The summed E-state index contributed by atoms with van der Waals surface area (Å²) in [7, 11) is 0. The van der Waals surface area contributed by atoms with Crippen molar-refractivity contribution in [2.75, 3.05) is 11.5 Å². The second-order valence-electron chi connectivity index (χ2n) is 7.06. The minimum absolute atomic E-state index is 0.188. The van der Waals surface area contributed by atoms with Crippen molar-refractivity contribution < 1.29 is 19.1 Å². The van der Waals surface area contributed by atoms with Crippen LogP contribution in [0.2, 0.25) is 0 Å². The zero-order chi connectivity index (χ0) is 19.7. The third-order valence-corrected chi connectivity index (χ3v) is 5.25. The van der Waals surface area contributed by atoms with E-state index in [9.17, 15) is 14.4 Å². The summed E-state index contributed by atoms with van der Waals surface area (Å²) in [5, 5.41) is 3.01. The molecule has 0 radical (unpaired) electrons. The van der Waals surface area contributed by atoms with Crippen LogP contribution in [0, 0.1) is 0 Å². The predicted molar refractivity (Wildman–Crippen MR) is 105 cm³/mol. The van der Waals surface area contributed by atoms with E-state index in [2.05, 4.69) is 5.32 Å². The lowest BCUT2D eigenvalue weighted by Crippen LogP contribution is -2.32. The Morgan fingerprint density at radius 1 is 1.07 bits per heavy atom. The minimum atomic E-state index is -0.442. The van der Waals surface area contributed by atoms with E-state index in [4.69, 9.17) is 4.74 Å². The molecule has 4 rings (SSSR count). The first-order valence-electron chi connectivity index (χ1n) is 9.65. The number of carbonyl (C=O) groups is 3. The van der Waals surface area contributed by atoms with Crippen LogP contribution >= 0.6 is 0 Å². The Bertz CT molecular complexity index is 947. The molecule has 1 aliphatic heterocycles. The lowest BCUT2D eigenvalue weighted by molar-refractivity contribution is 0.0920. The molecule has 6 nitrogen and oxygen atoms in total. The average Bonchev–Trinajstić information content (AvgIpc) is 3.29. The van der Waals surface area contributed by atoms with Crippen molar-refractivity contribution >= 4 is 23.4 Å². The van der Waals surface area contributed by atoms with Crippen LogP contribution in [0.3, 0.4) is 0 Å². The first-order chi connectivity index (χ1) is 13.6. The Morgan fingerprint density at radius 2 is 1.79 bits per heavy atom. The molecular formula is C22H22N2O4. The van der Waals surface area contributed by atoms with Gasteiger partial charge in [-0.15, -0.1) is 0 Å². The first-order valence-corrected chi connectivity index (χ1v) is 9.65.